The Kier molecular flexibility index (Phi) is 2.53. The predicted octanol–water partition coefficient (Wildman–Crippen LogP) is 1.69. The highest BCUT2D eigenvalue weighted by Crippen LogP contribution is 2.28. The Hall–Kier alpha value is -2.04. The van der Waals surface area contributed by atoms with Crippen LogP contribution in [0.1, 0.15) is 24.2 Å². The van der Waals surface area contributed by atoms with Gasteiger partial charge in [0, 0.05) is 12.2 Å². The normalized spacial score (nSPS) is 18.0. The molecule has 0 saturated carbocycles. The Morgan fingerprint density at radius 3 is 2.71 bits per heavy atom. The highest BCUT2D eigenvalue weighted by Gasteiger charge is 2.38. The first-order valence-corrected chi connectivity index (χ1v) is 5.33. The summed E-state index contributed by atoms with van der Waals surface area (Å²) < 4.78 is 0. The minimum Gasteiger partial charge on any atom is -0.478 e. The zero-order chi connectivity index (χ0) is 12.6. The van der Waals surface area contributed by atoms with Crippen LogP contribution in [-0.4, -0.2) is 29.2 Å². The van der Waals surface area contributed by atoms with Gasteiger partial charge in [0.05, 0.1) is 11.1 Å². The van der Waals surface area contributed by atoms with Crippen molar-refractivity contribution in [1.82, 2.24) is 5.32 Å². The van der Waals surface area contributed by atoms with Crippen molar-refractivity contribution in [3.8, 4) is 0 Å². The van der Waals surface area contributed by atoms with Crippen LogP contribution in [0, 0.1) is 0 Å². The van der Waals surface area contributed by atoms with Crippen LogP contribution in [0.3, 0.4) is 0 Å². The van der Waals surface area contributed by atoms with Crippen molar-refractivity contribution in [3.05, 3.63) is 29.8 Å². The maximum atomic E-state index is 11.7. The standard InChI is InChI=1S/C12H14N2O3/c1-12(2)7-13-11(17)14(12)9-5-3-4-8(6-9)10(15)16/h3-6H,7H2,1-2H3,(H,13,17)(H,15,16). The van der Waals surface area contributed by atoms with Gasteiger partial charge in [-0.25, -0.2) is 9.59 Å². The van der Waals surface area contributed by atoms with Gasteiger partial charge in [0.2, 0.25) is 0 Å². The summed E-state index contributed by atoms with van der Waals surface area (Å²) in [5.74, 6) is -0.996. The molecule has 5 heteroatoms. The largest absolute Gasteiger partial charge is 0.478 e. The van der Waals surface area contributed by atoms with E-state index in [1.807, 2.05) is 13.8 Å². The van der Waals surface area contributed by atoms with Gasteiger partial charge in [-0.1, -0.05) is 6.07 Å². The highest BCUT2D eigenvalue weighted by atomic mass is 16.4. The van der Waals surface area contributed by atoms with Crippen LogP contribution in [0.15, 0.2) is 24.3 Å². The number of amides is 2. The Labute approximate surface area is 99.0 Å². The third kappa shape index (κ3) is 1.95. The average Bonchev–Trinajstić information content (AvgIpc) is 2.53. The molecule has 5 nitrogen and oxygen atoms in total. The molecule has 0 unspecified atom stereocenters. The van der Waals surface area contributed by atoms with Crippen LogP contribution < -0.4 is 10.2 Å². The maximum Gasteiger partial charge on any atom is 0.335 e. The summed E-state index contributed by atoms with van der Waals surface area (Å²) in [7, 11) is 0. The second-order valence-electron chi connectivity index (χ2n) is 4.66. The van der Waals surface area contributed by atoms with E-state index in [1.54, 1.807) is 17.0 Å². The number of aromatic carboxylic acids is 1. The zero-order valence-electron chi connectivity index (χ0n) is 9.73. The summed E-state index contributed by atoms with van der Waals surface area (Å²) in [6, 6.07) is 6.19. The number of carboxylic acids is 1. The first kappa shape index (κ1) is 11.4. The van der Waals surface area contributed by atoms with Crippen molar-refractivity contribution < 1.29 is 14.7 Å². The van der Waals surface area contributed by atoms with Gasteiger partial charge in [-0.2, -0.15) is 0 Å². The molecule has 2 amide bonds. The summed E-state index contributed by atoms with van der Waals surface area (Å²) in [5.41, 5.74) is 0.427. The molecule has 0 aromatic heterocycles. The number of carbonyl (C=O) groups excluding carboxylic acids is 1. The fraction of sp³-hybridized carbons (Fsp3) is 0.333. The van der Waals surface area contributed by atoms with Gasteiger partial charge in [-0.3, -0.25) is 4.90 Å². The van der Waals surface area contributed by atoms with Crippen molar-refractivity contribution in [1.29, 1.82) is 0 Å². The average molecular weight is 234 g/mol. The molecule has 1 saturated heterocycles. The fourth-order valence-corrected chi connectivity index (χ4v) is 1.97. The van der Waals surface area contributed by atoms with E-state index in [0.717, 1.165) is 0 Å². The summed E-state index contributed by atoms with van der Waals surface area (Å²) in [4.78, 5) is 24.2. The fourth-order valence-electron chi connectivity index (χ4n) is 1.97. The molecule has 90 valence electrons. The zero-order valence-corrected chi connectivity index (χ0v) is 9.73. The van der Waals surface area contributed by atoms with Crippen LogP contribution in [0.5, 0.6) is 0 Å². The molecule has 0 radical (unpaired) electrons. The molecule has 0 aliphatic carbocycles. The molecular weight excluding hydrogens is 220 g/mol. The van der Waals surface area contributed by atoms with Crippen molar-refractivity contribution in [2.24, 2.45) is 0 Å². The molecule has 1 aliphatic rings. The molecule has 1 fully saturated rings. The quantitative estimate of drug-likeness (QED) is 0.818. The summed E-state index contributed by atoms with van der Waals surface area (Å²) in [5, 5.41) is 11.7. The smallest absolute Gasteiger partial charge is 0.335 e. The molecule has 1 aromatic rings. The Bertz CT molecular complexity index is 482. The first-order valence-electron chi connectivity index (χ1n) is 5.33. The Balaban J connectivity index is 2.43. The topological polar surface area (TPSA) is 69.6 Å². The molecule has 1 aromatic carbocycles. The van der Waals surface area contributed by atoms with Gasteiger partial charge in [0.15, 0.2) is 0 Å². The van der Waals surface area contributed by atoms with Crippen LogP contribution in [0.4, 0.5) is 10.5 Å². The van der Waals surface area contributed by atoms with E-state index in [0.29, 0.717) is 12.2 Å². The molecule has 1 aliphatic heterocycles. The van der Waals surface area contributed by atoms with Gasteiger partial charge in [-0.05, 0) is 32.0 Å². The summed E-state index contributed by atoms with van der Waals surface area (Å²) in [6.45, 7) is 4.40. The molecule has 0 bridgehead atoms. The number of anilines is 1. The van der Waals surface area contributed by atoms with Crippen molar-refractivity contribution in [3.63, 3.8) is 0 Å². The van der Waals surface area contributed by atoms with E-state index in [4.69, 9.17) is 5.11 Å². The lowest BCUT2D eigenvalue weighted by atomic mass is 10.0. The maximum absolute atomic E-state index is 11.7. The molecule has 0 atom stereocenters. The second-order valence-corrected chi connectivity index (χ2v) is 4.66. The van der Waals surface area contributed by atoms with Crippen molar-refractivity contribution in [2.45, 2.75) is 19.4 Å². The van der Waals surface area contributed by atoms with E-state index < -0.39 is 5.97 Å². The van der Waals surface area contributed by atoms with Crippen molar-refractivity contribution >= 4 is 17.7 Å². The lowest BCUT2D eigenvalue weighted by Gasteiger charge is -2.29. The third-order valence-corrected chi connectivity index (χ3v) is 2.83. The third-order valence-electron chi connectivity index (χ3n) is 2.83. The number of carboxylic acid groups (broad SMARTS) is 1. The van der Waals surface area contributed by atoms with E-state index in [2.05, 4.69) is 5.32 Å². The van der Waals surface area contributed by atoms with Crippen molar-refractivity contribution in [2.75, 3.05) is 11.4 Å². The predicted molar refractivity (Wildman–Crippen MR) is 63.4 cm³/mol. The minimum absolute atomic E-state index is 0.179. The van der Waals surface area contributed by atoms with Gasteiger partial charge in [-0.15, -0.1) is 0 Å². The van der Waals surface area contributed by atoms with Crippen LogP contribution in [-0.2, 0) is 0 Å². The SMILES string of the molecule is CC1(C)CNC(=O)N1c1cccc(C(=O)O)c1. The van der Waals surface area contributed by atoms with Gasteiger partial charge in [0.1, 0.15) is 0 Å². The monoisotopic (exact) mass is 234 g/mol. The molecule has 0 spiro atoms. The number of hydrogen-bond acceptors (Lipinski definition) is 2. The van der Waals surface area contributed by atoms with Crippen LogP contribution in [0.2, 0.25) is 0 Å². The number of benzene rings is 1. The molecule has 2 N–H and O–H groups in total. The van der Waals surface area contributed by atoms with E-state index >= 15 is 0 Å². The number of rotatable bonds is 2. The molecule has 1 heterocycles. The second kappa shape index (κ2) is 3.76. The van der Waals surface area contributed by atoms with Crippen LogP contribution >= 0.6 is 0 Å². The summed E-state index contributed by atoms with van der Waals surface area (Å²) in [6.07, 6.45) is 0. The number of nitrogens with one attached hydrogen (secondary N) is 1. The molecular formula is C12H14N2O3. The first-order chi connectivity index (χ1) is 7.92. The lowest BCUT2D eigenvalue weighted by Crippen LogP contribution is -2.42. The van der Waals surface area contributed by atoms with Crippen LogP contribution in [0.25, 0.3) is 0 Å². The molecule has 2 rings (SSSR count). The van der Waals surface area contributed by atoms with E-state index in [9.17, 15) is 9.59 Å². The van der Waals surface area contributed by atoms with Gasteiger partial charge >= 0.3 is 12.0 Å². The lowest BCUT2D eigenvalue weighted by molar-refractivity contribution is 0.0697. The minimum atomic E-state index is -0.996. The van der Waals surface area contributed by atoms with E-state index in [-0.39, 0.29) is 17.1 Å². The Morgan fingerprint density at radius 2 is 2.18 bits per heavy atom. The van der Waals surface area contributed by atoms with Gasteiger partial charge in [0.25, 0.3) is 0 Å². The number of hydrogen-bond donors (Lipinski definition) is 2. The number of carbonyl (C=O) groups is 2. The van der Waals surface area contributed by atoms with Gasteiger partial charge < -0.3 is 10.4 Å². The molecule has 17 heavy (non-hydrogen) atoms. The van der Waals surface area contributed by atoms with E-state index in [1.165, 1.54) is 12.1 Å². The number of urea groups is 1. The highest BCUT2D eigenvalue weighted by molar-refractivity contribution is 5.97. The number of nitrogens with zero attached hydrogens (tertiary/aromatic N) is 1. The summed E-state index contributed by atoms with van der Waals surface area (Å²) >= 11 is 0. The Morgan fingerprint density at radius 1 is 1.47 bits per heavy atom.